The van der Waals surface area contributed by atoms with Crippen LogP contribution in [0.25, 0.3) is 17.1 Å². The van der Waals surface area contributed by atoms with Crippen molar-refractivity contribution in [1.82, 2.24) is 30.7 Å². The highest BCUT2D eigenvalue weighted by Gasteiger charge is 2.27. The predicted octanol–water partition coefficient (Wildman–Crippen LogP) is 1.69. The fraction of sp³-hybridized carbons (Fsp3) is 0.100. The van der Waals surface area contributed by atoms with Crippen LogP contribution in [0, 0.1) is 10.1 Å². The fourth-order valence-electron chi connectivity index (χ4n) is 3.32. The molecule has 2 aromatic carbocycles. The molecule has 0 atom stereocenters. The Kier molecular flexibility index (Phi) is 5.25. The van der Waals surface area contributed by atoms with Crippen LogP contribution >= 0.6 is 0 Å². The maximum absolute atomic E-state index is 13.1. The number of hydrogen-bond donors (Lipinski definition) is 2. The van der Waals surface area contributed by atoms with Gasteiger partial charge in [0.25, 0.3) is 11.6 Å². The van der Waals surface area contributed by atoms with Crippen molar-refractivity contribution in [2.75, 3.05) is 12.5 Å². The monoisotopic (exact) mass is 477 g/mol. The summed E-state index contributed by atoms with van der Waals surface area (Å²) in [5, 5.41) is 30.3. The Labute approximate surface area is 195 Å². The normalized spacial score (nSPS) is 12.5. The van der Waals surface area contributed by atoms with E-state index < -0.39 is 10.8 Å². The van der Waals surface area contributed by atoms with Gasteiger partial charge in [-0.05, 0) is 35.4 Å². The number of nitro benzene ring substituents is 1. The molecule has 176 valence electrons. The number of amides is 1. The minimum atomic E-state index is -0.705. The quantitative estimate of drug-likeness (QED) is 0.233. The molecule has 0 saturated carbocycles. The molecule has 0 bridgehead atoms. The first-order chi connectivity index (χ1) is 16.9. The number of carbonyl (C=O) groups is 1. The Morgan fingerprint density at radius 3 is 2.80 bits per heavy atom. The van der Waals surface area contributed by atoms with Crippen LogP contribution in [-0.2, 0) is 0 Å². The number of anilines is 1. The number of nitrogens with two attached hydrogens (primary N) is 1. The Morgan fingerprint density at radius 1 is 1.20 bits per heavy atom. The fourth-order valence-corrected chi connectivity index (χ4v) is 3.32. The van der Waals surface area contributed by atoms with Crippen LogP contribution in [0.3, 0.4) is 0 Å². The first kappa shape index (κ1) is 21.5. The van der Waals surface area contributed by atoms with Gasteiger partial charge in [-0.3, -0.25) is 14.9 Å². The third-order valence-corrected chi connectivity index (χ3v) is 5.03. The highest BCUT2D eigenvalue weighted by molar-refractivity contribution is 6.02. The minimum absolute atomic E-state index is 0.0282. The Bertz CT molecular complexity index is 1490. The lowest BCUT2D eigenvalue weighted by Gasteiger charge is -2.07. The molecule has 1 aliphatic heterocycles. The van der Waals surface area contributed by atoms with Crippen LogP contribution < -0.4 is 20.6 Å². The first-order valence-electron chi connectivity index (χ1n) is 9.96. The van der Waals surface area contributed by atoms with E-state index in [0.29, 0.717) is 28.3 Å². The summed E-state index contributed by atoms with van der Waals surface area (Å²) in [6.45, 7) is 1.66. The molecule has 4 aromatic rings. The van der Waals surface area contributed by atoms with Crippen molar-refractivity contribution in [3.05, 3.63) is 63.8 Å². The zero-order valence-electron chi connectivity index (χ0n) is 17.9. The smallest absolute Gasteiger partial charge is 0.294 e. The third-order valence-electron chi connectivity index (χ3n) is 5.03. The number of ether oxygens (including phenoxy) is 2. The lowest BCUT2D eigenvalue weighted by atomic mass is 10.1. The van der Waals surface area contributed by atoms with Crippen LogP contribution in [0.15, 0.2) is 52.2 Å². The molecule has 15 nitrogen and oxygen atoms in total. The van der Waals surface area contributed by atoms with E-state index in [2.05, 4.69) is 35.8 Å². The van der Waals surface area contributed by atoms with E-state index in [1.807, 2.05) is 0 Å². The van der Waals surface area contributed by atoms with Crippen molar-refractivity contribution < 1.29 is 23.8 Å². The second-order valence-corrected chi connectivity index (χ2v) is 7.19. The molecule has 15 heteroatoms. The van der Waals surface area contributed by atoms with Crippen molar-refractivity contribution in [1.29, 1.82) is 0 Å². The number of nitro groups is 1. The molecule has 0 aliphatic carbocycles. The standard InChI is InChI=1S/C20H15N9O6/c1-10(11-3-2-4-13(7-11)29(31)32)22-24-20(30)16-17(12-5-6-14-15(8-12)34-9-33-14)28(27-23-16)19-18(21)25-35-26-19/h2-8H,9H2,1H3,(H2,21,25)(H,24,30)/b22-10+. The SMILES string of the molecule is C/C(=N\NC(=O)c1nnn(-c2nonc2N)c1-c1ccc2c(c1)OCO2)c1cccc([N+](=O)[O-])c1. The van der Waals surface area contributed by atoms with Crippen molar-refractivity contribution >= 4 is 23.1 Å². The van der Waals surface area contributed by atoms with E-state index in [4.69, 9.17) is 15.2 Å². The molecule has 5 rings (SSSR count). The molecule has 0 radical (unpaired) electrons. The Morgan fingerprint density at radius 2 is 2.03 bits per heavy atom. The number of nitrogens with zero attached hydrogens (tertiary/aromatic N) is 7. The predicted molar refractivity (Wildman–Crippen MR) is 118 cm³/mol. The van der Waals surface area contributed by atoms with Crippen LogP contribution in [-0.4, -0.2) is 48.6 Å². The van der Waals surface area contributed by atoms with E-state index in [-0.39, 0.29) is 35.5 Å². The number of hydrogen-bond acceptors (Lipinski definition) is 12. The largest absolute Gasteiger partial charge is 0.454 e. The van der Waals surface area contributed by atoms with Gasteiger partial charge >= 0.3 is 0 Å². The molecular formula is C20H15N9O6. The zero-order chi connectivity index (χ0) is 24.5. The number of fused-ring (bicyclic) bond motifs is 1. The summed E-state index contributed by atoms with van der Waals surface area (Å²) >= 11 is 0. The van der Waals surface area contributed by atoms with Crippen LogP contribution in [0.4, 0.5) is 11.5 Å². The highest BCUT2D eigenvalue weighted by Crippen LogP contribution is 2.37. The third kappa shape index (κ3) is 3.97. The van der Waals surface area contributed by atoms with Gasteiger partial charge in [-0.25, -0.2) is 10.1 Å². The van der Waals surface area contributed by atoms with E-state index >= 15 is 0 Å². The van der Waals surface area contributed by atoms with E-state index in [0.717, 1.165) is 0 Å². The lowest BCUT2D eigenvalue weighted by molar-refractivity contribution is -0.384. The molecule has 3 heterocycles. The van der Waals surface area contributed by atoms with Crippen LogP contribution in [0.5, 0.6) is 11.5 Å². The number of non-ortho nitro benzene ring substituents is 1. The van der Waals surface area contributed by atoms with Gasteiger partial charge in [-0.15, -0.1) is 5.10 Å². The summed E-state index contributed by atoms with van der Waals surface area (Å²) in [5.74, 6) is 0.263. The Hall–Kier alpha value is -5.34. The van der Waals surface area contributed by atoms with Gasteiger partial charge in [-0.1, -0.05) is 17.3 Å². The molecular weight excluding hydrogens is 462 g/mol. The summed E-state index contributed by atoms with van der Waals surface area (Å²) in [7, 11) is 0. The van der Waals surface area contributed by atoms with E-state index in [9.17, 15) is 14.9 Å². The number of nitrogen functional groups attached to an aromatic ring is 1. The maximum atomic E-state index is 13.1. The number of aromatic nitrogens is 5. The lowest BCUT2D eigenvalue weighted by Crippen LogP contribution is -2.21. The van der Waals surface area contributed by atoms with Crippen molar-refractivity contribution in [2.45, 2.75) is 6.92 Å². The van der Waals surface area contributed by atoms with Gasteiger partial charge in [0.15, 0.2) is 17.2 Å². The number of hydrazone groups is 1. The van der Waals surface area contributed by atoms with Gasteiger partial charge < -0.3 is 15.2 Å². The summed E-state index contributed by atoms with van der Waals surface area (Å²) in [4.78, 5) is 23.6. The topological polar surface area (TPSA) is 199 Å². The van der Waals surface area contributed by atoms with Gasteiger partial charge in [0.1, 0.15) is 5.69 Å². The van der Waals surface area contributed by atoms with Gasteiger partial charge in [-0.2, -0.15) is 9.78 Å². The number of benzene rings is 2. The molecule has 0 unspecified atom stereocenters. The molecule has 35 heavy (non-hydrogen) atoms. The van der Waals surface area contributed by atoms with Crippen LogP contribution in [0.2, 0.25) is 0 Å². The zero-order valence-corrected chi connectivity index (χ0v) is 17.9. The first-order valence-corrected chi connectivity index (χ1v) is 9.96. The maximum Gasteiger partial charge on any atom is 0.294 e. The van der Waals surface area contributed by atoms with Crippen LogP contribution in [0.1, 0.15) is 23.0 Å². The molecule has 0 saturated heterocycles. The summed E-state index contributed by atoms with van der Waals surface area (Å²) in [5.41, 5.74) is 9.51. The van der Waals surface area contributed by atoms with Gasteiger partial charge in [0, 0.05) is 23.3 Å². The molecule has 0 spiro atoms. The number of carbonyl (C=O) groups excluding carboxylic acids is 1. The second-order valence-electron chi connectivity index (χ2n) is 7.19. The number of nitrogens with one attached hydrogen (secondary N) is 1. The molecule has 1 amide bonds. The molecule has 1 aliphatic rings. The van der Waals surface area contributed by atoms with Crippen molar-refractivity contribution in [2.24, 2.45) is 5.10 Å². The average Bonchev–Trinajstić information content (AvgIpc) is 3.60. The Balaban J connectivity index is 1.51. The van der Waals surface area contributed by atoms with E-state index in [1.165, 1.54) is 22.9 Å². The number of rotatable bonds is 6. The summed E-state index contributed by atoms with van der Waals surface area (Å²) in [6.07, 6.45) is 0. The average molecular weight is 477 g/mol. The highest BCUT2D eigenvalue weighted by atomic mass is 16.7. The molecule has 2 aromatic heterocycles. The van der Waals surface area contributed by atoms with E-state index in [1.54, 1.807) is 31.2 Å². The van der Waals surface area contributed by atoms with Crippen molar-refractivity contribution in [3.63, 3.8) is 0 Å². The van der Waals surface area contributed by atoms with Crippen molar-refractivity contribution in [3.8, 4) is 28.6 Å². The second kappa shape index (κ2) is 8.54. The molecule has 3 N–H and O–H groups in total. The minimum Gasteiger partial charge on any atom is -0.454 e. The summed E-state index contributed by atoms with van der Waals surface area (Å²) in [6, 6.07) is 10.9. The summed E-state index contributed by atoms with van der Waals surface area (Å²) < 4.78 is 16.6. The van der Waals surface area contributed by atoms with Gasteiger partial charge in [0.05, 0.1) is 10.6 Å². The van der Waals surface area contributed by atoms with Gasteiger partial charge in [0.2, 0.25) is 18.4 Å². The molecule has 0 fully saturated rings.